The third kappa shape index (κ3) is 3.85. The van der Waals surface area contributed by atoms with Gasteiger partial charge in [0.1, 0.15) is 5.60 Å². The minimum absolute atomic E-state index is 0.210. The summed E-state index contributed by atoms with van der Waals surface area (Å²) in [5.74, 6) is 0. The van der Waals surface area contributed by atoms with E-state index in [4.69, 9.17) is 4.74 Å². The van der Waals surface area contributed by atoms with Gasteiger partial charge in [-0.05, 0) is 58.7 Å². The van der Waals surface area contributed by atoms with Crippen molar-refractivity contribution in [1.82, 2.24) is 4.90 Å². The number of rotatable bonds is 1. The Labute approximate surface area is 125 Å². The van der Waals surface area contributed by atoms with Crippen molar-refractivity contribution < 1.29 is 9.53 Å². The largest absolute Gasteiger partial charge is 0.444 e. The van der Waals surface area contributed by atoms with Gasteiger partial charge in [0.05, 0.1) is 6.54 Å². The van der Waals surface area contributed by atoms with Gasteiger partial charge in [0.15, 0.2) is 0 Å². The number of fused-ring (bicyclic) bond motifs is 1. The molecule has 1 aliphatic heterocycles. The molecule has 110 valence electrons. The monoisotopic (exact) mass is 293 g/mol. The summed E-state index contributed by atoms with van der Waals surface area (Å²) in [6, 6.07) is 2.20. The number of ether oxygens (including phenoxy) is 1. The van der Waals surface area contributed by atoms with Crippen LogP contribution in [-0.4, -0.2) is 23.1 Å². The normalized spacial score (nSPS) is 14.8. The van der Waals surface area contributed by atoms with Crippen LogP contribution in [0.4, 0.5) is 4.79 Å². The zero-order valence-corrected chi connectivity index (χ0v) is 13.8. The first-order valence-corrected chi connectivity index (χ1v) is 7.80. The quantitative estimate of drug-likeness (QED) is 0.765. The lowest BCUT2D eigenvalue weighted by atomic mass is 10.1. The molecule has 0 fully saturated rings. The van der Waals surface area contributed by atoms with Crippen LogP contribution in [0.1, 0.15) is 49.9 Å². The van der Waals surface area contributed by atoms with Crippen molar-refractivity contribution >= 4 is 23.5 Å². The van der Waals surface area contributed by atoms with E-state index in [1.165, 1.54) is 20.9 Å². The number of thiophene rings is 1. The fourth-order valence-corrected chi connectivity index (χ4v) is 3.42. The molecule has 0 N–H and O–H groups in total. The van der Waals surface area contributed by atoms with E-state index in [2.05, 4.69) is 26.0 Å². The summed E-state index contributed by atoms with van der Waals surface area (Å²) in [7, 11) is 0. The van der Waals surface area contributed by atoms with Crippen LogP contribution in [0.25, 0.3) is 6.08 Å². The first kappa shape index (κ1) is 15.1. The lowest BCUT2D eigenvalue weighted by molar-refractivity contribution is 0.0225. The van der Waals surface area contributed by atoms with Crippen molar-refractivity contribution in [3.63, 3.8) is 0 Å². The molecule has 0 aliphatic carbocycles. The van der Waals surface area contributed by atoms with Gasteiger partial charge in [-0.25, -0.2) is 4.79 Å². The molecule has 0 spiro atoms. The number of hydrogen-bond donors (Lipinski definition) is 0. The molecule has 2 rings (SSSR count). The van der Waals surface area contributed by atoms with Crippen molar-refractivity contribution in [3.8, 4) is 0 Å². The second-order valence-electron chi connectivity index (χ2n) is 6.47. The molecule has 0 aromatic carbocycles. The van der Waals surface area contributed by atoms with Gasteiger partial charge in [0.2, 0.25) is 0 Å². The van der Waals surface area contributed by atoms with E-state index in [1.807, 2.05) is 32.1 Å². The predicted molar refractivity (Wildman–Crippen MR) is 84.0 cm³/mol. The van der Waals surface area contributed by atoms with Crippen molar-refractivity contribution in [2.24, 2.45) is 0 Å². The fourth-order valence-electron chi connectivity index (χ4n) is 2.19. The molecule has 0 bridgehead atoms. The van der Waals surface area contributed by atoms with E-state index in [9.17, 15) is 4.79 Å². The third-order valence-electron chi connectivity index (χ3n) is 2.97. The van der Waals surface area contributed by atoms with Gasteiger partial charge in [0.25, 0.3) is 0 Å². The average Bonchev–Trinajstić information content (AvgIpc) is 2.66. The van der Waals surface area contributed by atoms with E-state index < -0.39 is 5.60 Å². The van der Waals surface area contributed by atoms with E-state index in [1.54, 1.807) is 4.90 Å². The standard InChI is InChI=1S/C16H23NO2S/c1-11(2)8-13-9-12-10-17(7-6-14(12)20-13)15(18)19-16(3,4)5/h8-9H,6-7,10H2,1-5H3. The number of nitrogens with zero attached hydrogens (tertiary/aromatic N) is 1. The van der Waals surface area contributed by atoms with Gasteiger partial charge in [0, 0.05) is 16.3 Å². The van der Waals surface area contributed by atoms with Gasteiger partial charge in [-0.3, -0.25) is 0 Å². The minimum Gasteiger partial charge on any atom is -0.444 e. The highest BCUT2D eigenvalue weighted by Crippen LogP contribution is 2.30. The summed E-state index contributed by atoms with van der Waals surface area (Å²) in [6.07, 6.45) is 2.91. The van der Waals surface area contributed by atoms with Crippen molar-refractivity contribution in [2.45, 2.75) is 53.2 Å². The molecular weight excluding hydrogens is 270 g/mol. The molecule has 0 atom stereocenters. The second-order valence-corrected chi connectivity index (χ2v) is 7.64. The molecule has 0 unspecified atom stereocenters. The second kappa shape index (κ2) is 5.60. The van der Waals surface area contributed by atoms with Crippen LogP contribution in [0.3, 0.4) is 0 Å². The van der Waals surface area contributed by atoms with Gasteiger partial charge >= 0.3 is 6.09 Å². The van der Waals surface area contributed by atoms with Gasteiger partial charge < -0.3 is 9.64 Å². The zero-order chi connectivity index (χ0) is 14.9. The van der Waals surface area contributed by atoms with E-state index in [0.29, 0.717) is 6.54 Å². The van der Waals surface area contributed by atoms with Crippen LogP contribution in [-0.2, 0) is 17.7 Å². The maximum atomic E-state index is 12.1. The van der Waals surface area contributed by atoms with Gasteiger partial charge in [-0.2, -0.15) is 0 Å². The maximum absolute atomic E-state index is 12.1. The topological polar surface area (TPSA) is 29.5 Å². The molecule has 1 amide bonds. The van der Waals surface area contributed by atoms with E-state index in [0.717, 1.165) is 13.0 Å². The number of allylic oxidation sites excluding steroid dienone is 1. The Morgan fingerprint density at radius 2 is 2.10 bits per heavy atom. The Morgan fingerprint density at radius 1 is 1.40 bits per heavy atom. The summed E-state index contributed by atoms with van der Waals surface area (Å²) < 4.78 is 5.44. The Bertz CT molecular complexity index is 533. The molecule has 2 heterocycles. The molecule has 3 nitrogen and oxygen atoms in total. The summed E-state index contributed by atoms with van der Waals surface area (Å²) in [4.78, 5) is 16.6. The minimum atomic E-state index is -0.431. The van der Waals surface area contributed by atoms with Crippen LogP contribution in [0.15, 0.2) is 11.6 Å². The Balaban J connectivity index is 2.09. The van der Waals surface area contributed by atoms with Crippen molar-refractivity contribution in [1.29, 1.82) is 0 Å². The number of hydrogen-bond acceptors (Lipinski definition) is 3. The van der Waals surface area contributed by atoms with E-state index >= 15 is 0 Å². The average molecular weight is 293 g/mol. The molecular formula is C16H23NO2S. The Hall–Kier alpha value is -1.29. The van der Waals surface area contributed by atoms with Gasteiger partial charge in [-0.1, -0.05) is 5.57 Å². The molecule has 0 radical (unpaired) electrons. The highest BCUT2D eigenvalue weighted by atomic mass is 32.1. The number of carbonyl (C=O) groups is 1. The van der Waals surface area contributed by atoms with Crippen LogP contribution in [0.2, 0.25) is 0 Å². The van der Waals surface area contributed by atoms with Crippen LogP contribution in [0.5, 0.6) is 0 Å². The number of carbonyl (C=O) groups excluding carboxylic acids is 1. The summed E-state index contributed by atoms with van der Waals surface area (Å²) in [5.41, 5.74) is 2.13. The Kier molecular flexibility index (Phi) is 4.23. The maximum Gasteiger partial charge on any atom is 0.410 e. The fraction of sp³-hybridized carbons (Fsp3) is 0.562. The van der Waals surface area contributed by atoms with Crippen molar-refractivity contribution in [3.05, 3.63) is 27.0 Å². The van der Waals surface area contributed by atoms with Crippen LogP contribution in [0, 0.1) is 0 Å². The zero-order valence-electron chi connectivity index (χ0n) is 12.9. The first-order chi connectivity index (χ1) is 9.24. The predicted octanol–water partition coefficient (Wildman–Crippen LogP) is 4.46. The molecule has 4 heteroatoms. The first-order valence-electron chi connectivity index (χ1n) is 6.99. The van der Waals surface area contributed by atoms with Crippen LogP contribution >= 0.6 is 11.3 Å². The van der Waals surface area contributed by atoms with Gasteiger partial charge in [-0.15, -0.1) is 11.3 Å². The molecule has 0 saturated carbocycles. The van der Waals surface area contributed by atoms with Crippen LogP contribution < -0.4 is 0 Å². The molecule has 20 heavy (non-hydrogen) atoms. The number of amides is 1. The smallest absolute Gasteiger partial charge is 0.410 e. The molecule has 1 aromatic rings. The highest BCUT2D eigenvalue weighted by Gasteiger charge is 2.26. The summed E-state index contributed by atoms with van der Waals surface area (Å²) in [6.45, 7) is 11.3. The lowest BCUT2D eigenvalue weighted by Crippen LogP contribution is -2.39. The Morgan fingerprint density at radius 3 is 2.70 bits per heavy atom. The highest BCUT2D eigenvalue weighted by molar-refractivity contribution is 7.13. The van der Waals surface area contributed by atoms with Crippen molar-refractivity contribution in [2.75, 3.05) is 6.54 Å². The third-order valence-corrected chi connectivity index (χ3v) is 4.15. The van der Waals surface area contributed by atoms with E-state index in [-0.39, 0.29) is 6.09 Å². The SMILES string of the molecule is CC(C)=Cc1cc2c(s1)CCN(C(=O)OC(C)(C)C)C2. The summed E-state index contributed by atoms with van der Waals surface area (Å²) in [5, 5.41) is 0. The molecule has 1 aliphatic rings. The molecule has 1 aromatic heterocycles. The summed E-state index contributed by atoms with van der Waals surface area (Å²) >= 11 is 1.84. The lowest BCUT2D eigenvalue weighted by Gasteiger charge is -2.29. The molecule has 0 saturated heterocycles.